The highest BCUT2D eigenvalue weighted by molar-refractivity contribution is 7.99. The molecule has 0 N–H and O–H groups in total. The molecule has 28 heavy (non-hydrogen) atoms. The van der Waals surface area contributed by atoms with Gasteiger partial charge < -0.3 is 19.1 Å². The van der Waals surface area contributed by atoms with Gasteiger partial charge in [0.25, 0.3) is 0 Å². The molecule has 1 unspecified atom stereocenters. The van der Waals surface area contributed by atoms with Crippen molar-refractivity contribution in [3.8, 4) is 11.5 Å². The lowest BCUT2D eigenvalue weighted by Crippen LogP contribution is -2.28. The number of carbonyl (C=O) groups is 1. The summed E-state index contributed by atoms with van der Waals surface area (Å²) >= 11 is 1.33. The molecule has 1 aliphatic rings. The van der Waals surface area contributed by atoms with Crippen molar-refractivity contribution in [2.45, 2.75) is 37.2 Å². The minimum atomic E-state index is -0.00792. The first-order chi connectivity index (χ1) is 13.6. The summed E-state index contributed by atoms with van der Waals surface area (Å²) in [6.07, 6.45) is 2.22. The Kier molecular flexibility index (Phi) is 7.10. The van der Waals surface area contributed by atoms with E-state index in [1.54, 1.807) is 30.8 Å². The quantitative estimate of drug-likeness (QED) is 0.579. The lowest BCUT2D eigenvalue weighted by Gasteiger charge is -2.18. The van der Waals surface area contributed by atoms with Gasteiger partial charge in [0, 0.05) is 20.2 Å². The second-order valence-electron chi connectivity index (χ2n) is 6.51. The number of nitrogens with zero attached hydrogens (tertiary/aromatic N) is 5. The van der Waals surface area contributed by atoms with E-state index in [9.17, 15) is 4.79 Å². The fourth-order valence-corrected chi connectivity index (χ4v) is 3.80. The average molecular weight is 407 g/mol. The standard InChI is InChI=1S/C18H25N5O4S/c1-22(10-13-6-7-15(25-2)16(9-13)26-3)17(24)12-28-18-19-20-21-23(18)11-14-5-4-8-27-14/h6-7,9,14H,4-5,8,10-12H2,1-3H3. The van der Waals surface area contributed by atoms with Crippen LogP contribution in [0.1, 0.15) is 18.4 Å². The van der Waals surface area contributed by atoms with Crippen LogP contribution in [0.3, 0.4) is 0 Å². The molecule has 0 radical (unpaired) electrons. The van der Waals surface area contributed by atoms with Gasteiger partial charge in [-0.3, -0.25) is 4.79 Å². The molecule has 0 saturated carbocycles. The molecule has 1 amide bonds. The molecule has 1 saturated heterocycles. The number of carbonyl (C=O) groups excluding carboxylic acids is 1. The number of benzene rings is 1. The molecule has 2 aromatic rings. The molecule has 1 atom stereocenters. The van der Waals surface area contributed by atoms with Gasteiger partial charge in [0.05, 0.1) is 32.6 Å². The minimum absolute atomic E-state index is 0.00792. The normalized spacial score (nSPS) is 16.2. The van der Waals surface area contributed by atoms with E-state index < -0.39 is 0 Å². The van der Waals surface area contributed by atoms with Gasteiger partial charge in [0.1, 0.15) is 0 Å². The van der Waals surface area contributed by atoms with Crippen molar-refractivity contribution in [3.63, 3.8) is 0 Å². The first-order valence-electron chi connectivity index (χ1n) is 9.06. The van der Waals surface area contributed by atoms with Gasteiger partial charge in [0.2, 0.25) is 11.1 Å². The van der Waals surface area contributed by atoms with E-state index in [2.05, 4.69) is 15.5 Å². The Morgan fingerprint density at radius 2 is 2.18 bits per heavy atom. The van der Waals surface area contributed by atoms with Crippen LogP contribution in [-0.2, 0) is 22.6 Å². The molecule has 1 aliphatic heterocycles. The van der Waals surface area contributed by atoms with Crippen LogP contribution in [0.15, 0.2) is 23.4 Å². The summed E-state index contributed by atoms with van der Waals surface area (Å²) in [5, 5.41) is 12.4. The lowest BCUT2D eigenvalue weighted by molar-refractivity contribution is -0.127. The lowest BCUT2D eigenvalue weighted by atomic mass is 10.2. The highest BCUT2D eigenvalue weighted by Crippen LogP contribution is 2.28. The van der Waals surface area contributed by atoms with Crippen LogP contribution in [0.2, 0.25) is 0 Å². The Balaban J connectivity index is 1.53. The molecular weight excluding hydrogens is 382 g/mol. The van der Waals surface area contributed by atoms with Crippen LogP contribution in [-0.4, -0.2) is 70.7 Å². The van der Waals surface area contributed by atoms with Gasteiger partial charge in [-0.2, -0.15) is 0 Å². The molecule has 1 aromatic heterocycles. The van der Waals surface area contributed by atoms with Gasteiger partial charge in [-0.25, -0.2) is 4.68 Å². The second kappa shape index (κ2) is 9.74. The third-order valence-corrected chi connectivity index (χ3v) is 5.46. The van der Waals surface area contributed by atoms with E-state index in [4.69, 9.17) is 14.2 Å². The van der Waals surface area contributed by atoms with Gasteiger partial charge >= 0.3 is 0 Å². The number of tetrazole rings is 1. The van der Waals surface area contributed by atoms with E-state index in [0.717, 1.165) is 25.0 Å². The van der Waals surface area contributed by atoms with Crippen molar-refractivity contribution in [3.05, 3.63) is 23.8 Å². The fraction of sp³-hybridized carbons (Fsp3) is 0.556. The fourth-order valence-electron chi connectivity index (χ4n) is 2.97. The zero-order chi connectivity index (χ0) is 19.9. The maximum absolute atomic E-state index is 12.5. The topological polar surface area (TPSA) is 91.6 Å². The predicted molar refractivity (Wildman–Crippen MR) is 104 cm³/mol. The molecule has 2 heterocycles. The zero-order valence-electron chi connectivity index (χ0n) is 16.3. The summed E-state index contributed by atoms with van der Waals surface area (Å²) in [5.74, 6) is 1.55. The van der Waals surface area contributed by atoms with Crippen molar-refractivity contribution >= 4 is 17.7 Å². The van der Waals surface area contributed by atoms with Crippen LogP contribution >= 0.6 is 11.8 Å². The summed E-state index contributed by atoms with van der Waals surface area (Å²) in [5.41, 5.74) is 0.960. The Hall–Kier alpha value is -2.33. The summed E-state index contributed by atoms with van der Waals surface area (Å²) in [6, 6.07) is 5.62. The molecule has 1 aromatic carbocycles. The summed E-state index contributed by atoms with van der Waals surface area (Å²) < 4.78 is 17.9. The van der Waals surface area contributed by atoms with Gasteiger partial charge in [-0.05, 0) is 41.0 Å². The van der Waals surface area contributed by atoms with Crippen molar-refractivity contribution in [2.75, 3.05) is 33.6 Å². The highest BCUT2D eigenvalue weighted by Gasteiger charge is 2.20. The molecule has 9 nitrogen and oxygen atoms in total. The maximum atomic E-state index is 12.5. The van der Waals surface area contributed by atoms with Crippen molar-refractivity contribution < 1.29 is 19.0 Å². The van der Waals surface area contributed by atoms with E-state index in [-0.39, 0.29) is 17.8 Å². The molecular formula is C18H25N5O4S. The Morgan fingerprint density at radius 1 is 1.36 bits per heavy atom. The van der Waals surface area contributed by atoms with E-state index in [0.29, 0.717) is 29.7 Å². The van der Waals surface area contributed by atoms with Crippen LogP contribution in [0.5, 0.6) is 11.5 Å². The van der Waals surface area contributed by atoms with E-state index in [1.165, 1.54) is 11.8 Å². The number of rotatable bonds is 9. The maximum Gasteiger partial charge on any atom is 0.233 e. The molecule has 0 spiro atoms. The first kappa shape index (κ1) is 20.4. The third kappa shape index (κ3) is 5.14. The molecule has 0 aliphatic carbocycles. The highest BCUT2D eigenvalue weighted by atomic mass is 32.2. The summed E-state index contributed by atoms with van der Waals surface area (Å²) in [7, 11) is 4.96. The van der Waals surface area contributed by atoms with Gasteiger partial charge in [0.15, 0.2) is 11.5 Å². The monoisotopic (exact) mass is 407 g/mol. The second-order valence-corrected chi connectivity index (χ2v) is 7.45. The minimum Gasteiger partial charge on any atom is -0.493 e. The summed E-state index contributed by atoms with van der Waals surface area (Å²) in [6.45, 7) is 1.88. The van der Waals surface area contributed by atoms with Crippen molar-refractivity contribution in [1.82, 2.24) is 25.1 Å². The van der Waals surface area contributed by atoms with Crippen molar-refractivity contribution in [1.29, 1.82) is 0 Å². The van der Waals surface area contributed by atoms with Crippen LogP contribution in [0.25, 0.3) is 0 Å². The van der Waals surface area contributed by atoms with Gasteiger partial charge in [-0.15, -0.1) is 5.10 Å². The number of thioether (sulfide) groups is 1. The van der Waals surface area contributed by atoms with Crippen LogP contribution in [0.4, 0.5) is 0 Å². The van der Waals surface area contributed by atoms with Crippen molar-refractivity contribution in [2.24, 2.45) is 0 Å². The SMILES string of the molecule is COc1ccc(CN(C)C(=O)CSc2nnnn2CC2CCCO2)cc1OC. The molecule has 152 valence electrons. The molecule has 10 heteroatoms. The number of hydrogen-bond donors (Lipinski definition) is 0. The first-order valence-corrected chi connectivity index (χ1v) is 10.0. The largest absolute Gasteiger partial charge is 0.493 e. The number of methoxy groups -OCH3 is 2. The van der Waals surface area contributed by atoms with Crippen LogP contribution in [0, 0.1) is 0 Å². The Morgan fingerprint density at radius 3 is 2.89 bits per heavy atom. The average Bonchev–Trinajstić information content (AvgIpc) is 3.38. The number of aromatic nitrogens is 4. The van der Waals surface area contributed by atoms with E-state index >= 15 is 0 Å². The Labute approximate surface area is 168 Å². The number of hydrogen-bond acceptors (Lipinski definition) is 8. The number of amides is 1. The number of ether oxygens (including phenoxy) is 3. The van der Waals surface area contributed by atoms with Crippen LogP contribution < -0.4 is 9.47 Å². The molecule has 0 bridgehead atoms. The predicted octanol–water partition coefficient (Wildman–Crippen LogP) is 1.62. The third-order valence-electron chi connectivity index (χ3n) is 4.52. The summed E-state index contributed by atoms with van der Waals surface area (Å²) in [4.78, 5) is 14.2. The van der Waals surface area contributed by atoms with E-state index in [1.807, 2.05) is 18.2 Å². The molecule has 3 rings (SSSR count). The smallest absolute Gasteiger partial charge is 0.233 e. The zero-order valence-corrected chi connectivity index (χ0v) is 17.1. The Bertz CT molecular complexity index is 794. The van der Waals surface area contributed by atoms with Gasteiger partial charge in [-0.1, -0.05) is 17.8 Å². The molecule has 1 fully saturated rings.